The zero-order chi connectivity index (χ0) is 13.8. The first-order valence-electron chi connectivity index (χ1n) is 7.01. The van der Waals surface area contributed by atoms with Gasteiger partial charge in [0.25, 0.3) is 0 Å². The summed E-state index contributed by atoms with van der Waals surface area (Å²) < 4.78 is 6.75. The number of ether oxygens (including phenoxy) is 1. The lowest BCUT2D eigenvalue weighted by molar-refractivity contribution is 0.313. The van der Waals surface area contributed by atoms with Gasteiger partial charge in [0.15, 0.2) is 0 Å². The summed E-state index contributed by atoms with van der Waals surface area (Å²) in [5, 5.41) is 3.45. The molecule has 1 N–H and O–H groups in total. The van der Waals surface area contributed by atoms with E-state index in [0.717, 1.165) is 23.3 Å². The normalized spacial score (nSPS) is 13.4. The highest BCUT2D eigenvalue weighted by Gasteiger charge is 2.14. The highest BCUT2D eigenvalue weighted by atomic mass is 79.9. The van der Waals surface area contributed by atoms with Gasteiger partial charge in [-0.2, -0.15) is 0 Å². The van der Waals surface area contributed by atoms with E-state index in [-0.39, 0.29) is 0 Å². The molecule has 0 unspecified atom stereocenters. The summed E-state index contributed by atoms with van der Waals surface area (Å²) in [6.45, 7) is 2.52. The van der Waals surface area contributed by atoms with Crippen LogP contribution in [0.1, 0.15) is 21.7 Å². The van der Waals surface area contributed by atoms with Gasteiger partial charge in [-0.25, -0.2) is 0 Å². The fourth-order valence-corrected chi connectivity index (χ4v) is 4.10. The molecule has 0 aliphatic heterocycles. The van der Waals surface area contributed by atoms with E-state index in [1.807, 2.05) is 35.6 Å². The fraction of sp³-hybridized carbons (Fsp3) is 0.375. The Hall–Kier alpha value is -0.840. The van der Waals surface area contributed by atoms with Crippen molar-refractivity contribution in [3.05, 3.63) is 50.1 Å². The third kappa shape index (κ3) is 3.62. The first-order chi connectivity index (χ1) is 9.81. The lowest BCUT2D eigenvalue weighted by Gasteiger charge is -2.07. The van der Waals surface area contributed by atoms with E-state index in [2.05, 4.69) is 27.3 Å². The maximum atomic E-state index is 5.70. The molecule has 0 spiro atoms. The van der Waals surface area contributed by atoms with E-state index in [1.54, 1.807) is 10.4 Å². The molecule has 0 amide bonds. The maximum absolute atomic E-state index is 5.70. The van der Waals surface area contributed by atoms with Crippen molar-refractivity contribution in [1.29, 1.82) is 0 Å². The summed E-state index contributed by atoms with van der Waals surface area (Å²) in [7, 11) is 0. The van der Waals surface area contributed by atoms with E-state index < -0.39 is 0 Å². The minimum Gasteiger partial charge on any atom is -0.492 e. The second-order valence-corrected chi connectivity index (χ2v) is 7.13. The van der Waals surface area contributed by atoms with Crippen molar-refractivity contribution in [2.45, 2.75) is 25.8 Å². The predicted molar refractivity (Wildman–Crippen MR) is 87.7 cm³/mol. The van der Waals surface area contributed by atoms with E-state index in [4.69, 9.17) is 4.74 Å². The molecule has 0 radical (unpaired) electrons. The fourth-order valence-electron chi connectivity index (χ4n) is 2.49. The summed E-state index contributed by atoms with van der Waals surface area (Å²) in [6, 6.07) is 10.3. The topological polar surface area (TPSA) is 21.3 Å². The average Bonchev–Trinajstić information content (AvgIpc) is 2.99. The van der Waals surface area contributed by atoms with E-state index in [9.17, 15) is 0 Å². The van der Waals surface area contributed by atoms with E-state index >= 15 is 0 Å². The molecular formula is C16H18BrNOS. The van der Waals surface area contributed by atoms with Crippen LogP contribution in [0.25, 0.3) is 0 Å². The number of nitrogens with one attached hydrogen (secondary N) is 1. The van der Waals surface area contributed by atoms with Crippen molar-refractivity contribution >= 4 is 27.3 Å². The van der Waals surface area contributed by atoms with Crippen molar-refractivity contribution < 1.29 is 4.74 Å². The minimum atomic E-state index is 0.696. The lowest BCUT2D eigenvalue weighted by Crippen LogP contribution is -2.20. The Kier molecular flexibility index (Phi) is 4.76. The van der Waals surface area contributed by atoms with Gasteiger partial charge in [0, 0.05) is 27.3 Å². The Labute approximate surface area is 132 Å². The van der Waals surface area contributed by atoms with E-state index in [1.165, 1.54) is 24.1 Å². The van der Waals surface area contributed by atoms with Crippen LogP contribution < -0.4 is 10.1 Å². The van der Waals surface area contributed by atoms with Crippen LogP contribution in [0.3, 0.4) is 0 Å². The second-order valence-electron chi connectivity index (χ2n) is 5.00. The molecule has 106 valence electrons. The highest BCUT2D eigenvalue weighted by Crippen LogP contribution is 2.30. The van der Waals surface area contributed by atoms with Crippen LogP contribution >= 0.6 is 27.3 Å². The zero-order valence-corrected chi connectivity index (χ0v) is 13.7. The Bertz CT molecular complexity index is 560. The largest absolute Gasteiger partial charge is 0.492 e. The number of halogens is 1. The summed E-state index contributed by atoms with van der Waals surface area (Å²) in [4.78, 5) is 3.06. The number of fused-ring (bicyclic) bond motifs is 1. The summed E-state index contributed by atoms with van der Waals surface area (Å²) in [6.07, 6.45) is 3.90. The van der Waals surface area contributed by atoms with Crippen molar-refractivity contribution in [3.8, 4) is 5.75 Å². The molecule has 2 aromatic rings. The summed E-state index contributed by atoms with van der Waals surface area (Å²) >= 11 is 5.41. The molecule has 0 fully saturated rings. The first-order valence-corrected chi connectivity index (χ1v) is 8.62. The van der Waals surface area contributed by atoms with Crippen LogP contribution in [0.2, 0.25) is 0 Å². The second kappa shape index (κ2) is 6.74. The predicted octanol–water partition coefficient (Wildman–Crippen LogP) is 4.17. The molecule has 20 heavy (non-hydrogen) atoms. The summed E-state index contributed by atoms with van der Waals surface area (Å²) in [5.41, 5.74) is 1.58. The molecule has 3 rings (SSSR count). The van der Waals surface area contributed by atoms with Crippen LogP contribution in [0.5, 0.6) is 5.75 Å². The molecule has 1 aliphatic rings. The molecular weight excluding hydrogens is 334 g/mol. The molecule has 2 nitrogen and oxygen atoms in total. The average molecular weight is 352 g/mol. The monoisotopic (exact) mass is 351 g/mol. The van der Waals surface area contributed by atoms with Gasteiger partial charge in [-0.05, 0) is 49.1 Å². The quantitative estimate of drug-likeness (QED) is 0.788. The van der Waals surface area contributed by atoms with Crippen molar-refractivity contribution in [2.75, 3.05) is 13.2 Å². The van der Waals surface area contributed by atoms with Crippen molar-refractivity contribution in [1.82, 2.24) is 5.32 Å². The Morgan fingerprint density at radius 2 is 2.20 bits per heavy atom. The smallest absolute Gasteiger partial charge is 0.120 e. The van der Waals surface area contributed by atoms with Crippen LogP contribution in [0, 0.1) is 0 Å². The van der Waals surface area contributed by atoms with Crippen LogP contribution in [-0.2, 0) is 19.4 Å². The third-order valence-electron chi connectivity index (χ3n) is 3.44. The molecule has 0 atom stereocenters. The SMILES string of the molecule is Brc1cccc(OCCNCc2cc3c(s2)CCC3)c1. The van der Waals surface area contributed by atoms with Gasteiger partial charge in [-0.15, -0.1) is 11.3 Å². The molecule has 0 bridgehead atoms. The molecule has 0 saturated heterocycles. The van der Waals surface area contributed by atoms with Gasteiger partial charge in [0.1, 0.15) is 12.4 Å². The third-order valence-corrected chi connectivity index (χ3v) is 5.17. The molecule has 4 heteroatoms. The van der Waals surface area contributed by atoms with Gasteiger partial charge >= 0.3 is 0 Å². The van der Waals surface area contributed by atoms with Gasteiger partial charge in [0.05, 0.1) is 0 Å². The number of hydrogen-bond donors (Lipinski definition) is 1. The van der Waals surface area contributed by atoms with Crippen molar-refractivity contribution in [2.24, 2.45) is 0 Å². The van der Waals surface area contributed by atoms with E-state index in [0.29, 0.717) is 6.61 Å². The molecule has 1 heterocycles. The van der Waals surface area contributed by atoms with Crippen molar-refractivity contribution in [3.63, 3.8) is 0 Å². The maximum Gasteiger partial charge on any atom is 0.120 e. The van der Waals surface area contributed by atoms with Gasteiger partial charge < -0.3 is 10.1 Å². The number of hydrogen-bond acceptors (Lipinski definition) is 3. The van der Waals surface area contributed by atoms with Gasteiger partial charge in [0.2, 0.25) is 0 Å². The molecule has 1 aromatic heterocycles. The van der Waals surface area contributed by atoms with Gasteiger partial charge in [-0.3, -0.25) is 0 Å². The highest BCUT2D eigenvalue weighted by molar-refractivity contribution is 9.10. The van der Waals surface area contributed by atoms with Crippen LogP contribution in [0.4, 0.5) is 0 Å². The first kappa shape index (κ1) is 14.1. The van der Waals surface area contributed by atoms with Gasteiger partial charge in [-0.1, -0.05) is 22.0 Å². The number of benzene rings is 1. The lowest BCUT2D eigenvalue weighted by atomic mass is 10.2. The molecule has 0 saturated carbocycles. The minimum absolute atomic E-state index is 0.696. The molecule has 1 aliphatic carbocycles. The Morgan fingerprint density at radius 1 is 1.25 bits per heavy atom. The number of thiophene rings is 1. The molecule has 1 aromatic carbocycles. The van der Waals surface area contributed by atoms with Crippen LogP contribution in [0.15, 0.2) is 34.8 Å². The summed E-state index contributed by atoms with van der Waals surface area (Å²) in [5.74, 6) is 0.913. The Balaban J connectivity index is 1.38. The number of aryl methyl sites for hydroxylation is 2. The standard InChI is InChI=1S/C16H18BrNOS/c17-13-4-2-5-14(10-13)19-8-7-18-11-15-9-12-3-1-6-16(12)20-15/h2,4-5,9-10,18H,1,3,6-8,11H2. The zero-order valence-electron chi connectivity index (χ0n) is 11.3. The number of rotatable bonds is 6. The Morgan fingerprint density at radius 3 is 3.05 bits per heavy atom. The van der Waals surface area contributed by atoms with Crippen LogP contribution in [-0.4, -0.2) is 13.2 Å².